The van der Waals surface area contributed by atoms with E-state index in [1.54, 1.807) is 6.08 Å². The number of unbranched alkanes of at least 4 members (excludes halogenated alkanes) is 32. The summed E-state index contributed by atoms with van der Waals surface area (Å²) >= 11 is 0. The van der Waals surface area contributed by atoms with Crippen LogP contribution in [0.4, 0.5) is 0 Å². The summed E-state index contributed by atoms with van der Waals surface area (Å²) in [5, 5.41) is 121. The molecule has 0 aromatic rings. The summed E-state index contributed by atoms with van der Waals surface area (Å²) in [6.07, 6.45) is 67.5. The van der Waals surface area contributed by atoms with Crippen molar-refractivity contribution in [2.45, 2.75) is 401 Å². The number of aliphatic hydroxyl groups is 11. The molecule has 17 unspecified atom stereocenters. The zero-order valence-corrected chi connectivity index (χ0v) is 66.1. The lowest BCUT2D eigenvalue weighted by Crippen LogP contribution is -2.66. The number of hydrogen-bond acceptors (Lipinski definition) is 18. The molecule has 19 nitrogen and oxygen atoms in total. The fraction of sp³-hybridized carbons (Fsp3) is 0.761. The molecule has 3 heterocycles. The summed E-state index contributed by atoms with van der Waals surface area (Å²) in [4.78, 5) is 13.5. The van der Waals surface area contributed by atoms with Crippen molar-refractivity contribution in [3.05, 3.63) is 122 Å². The first-order valence-electron chi connectivity index (χ1n) is 42.3. The Balaban J connectivity index is 1.38. The number of aliphatic hydroxyl groups excluding tert-OH is 11. The van der Waals surface area contributed by atoms with Crippen molar-refractivity contribution in [3.8, 4) is 0 Å². The Labute approximate surface area is 646 Å². The molecule has 3 aliphatic heterocycles. The molecule has 0 spiro atoms. The van der Waals surface area contributed by atoms with Gasteiger partial charge in [-0.25, -0.2) is 0 Å². The van der Waals surface area contributed by atoms with Gasteiger partial charge in [0.15, 0.2) is 18.9 Å². The van der Waals surface area contributed by atoms with Crippen molar-refractivity contribution in [1.82, 2.24) is 5.32 Å². The van der Waals surface area contributed by atoms with Gasteiger partial charge in [0.1, 0.15) is 73.2 Å². The fourth-order valence-electron chi connectivity index (χ4n) is 13.5. The Bertz CT molecular complexity index is 2410. The Hall–Kier alpha value is -3.81. The monoisotopic (exact) mass is 1510 g/mol. The quantitative estimate of drug-likeness (QED) is 0.0199. The predicted molar refractivity (Wildman–Crippen MR) is 429 cm³/mol. The maximum absolute atomic E-state index is 13.5. The Kier molecular flexibility index (Phi) is 60.8. The topological polar surface area (TPSA) is 307 Å². The average Bonchev–Trinajstić information content (AvgIpc) is 0.782. The molecule has 0 aromatic carbocycles. The number of hydrogen-bond donors (Lipinski definition) is 12. The first kappa shape index (κ1) is 97.4. The predicted octanol–water partition coefficient (Wildman–Crippen LogP) is 15.1. The standard InChI is InChI=1S/C88H151NO18/c1-3-5-7-9-11-13-15-17-19-21-23-25-27-29-31-33-34-35-36-38-40-42-44-46-48-50-52-54-56-58-60-62-64-66-76(94)89-71(72(93)65-63-61-59-57-55-53-51-49-47-45-43-41-39-37-32-30-28-26-24-22-20-18-16-14-12-10-8-6-4-2)70-102-86-82(100)79(97)84(74(68-91)104-86)107-88-83(101)80(98)85(75(69-92)105-88)106-87-81(99)78(96)77(95)73(67-90)103-87/h5,7,11,13,17,19,23,25,29,31,34-35,38,40,44,46,50,52,63,65,71-75,77-88,90-93,95-101H,3-4,6,8-10,12,14-16,18,20-22,24,26-28,30,32-33,36-37,39,41-43,45,47-49,51,53-62,64,66-70H2,1-2H3,(H,89,94)/b7-5-,13-11-,19-17-,25-23-,31-29-,35-34-,40-38-,46-44-,52-50-,65-63+. The third-order valence-corrected chi connectivity index (χ3v) is 20.3. The van der Waals surface area contributed by atoms with Crippen molar-refractivity contribution in [2.24, 2.45) is 0 Å². The molecule has 3 rings (SSSR count). The maximum Gasteiger partial charge on any atom is 0.220 e. The minimum Gasteiger partial charge on any atom is -0.394 e. The maximum atomic E-state index is 13.5. The average molecular weight is 1510 g/mol. The summed E-state index contributed by atoms with van der Waals surface area (Å²) < 4.78 is 34.5. The van der Waals surface area contributed by atoms with Crippen molar-refractivity contribution in [1.29, 1.82) is 0 Å². The van der Waals surface area contributed by atoms with Gasteiger partial charge in [-0.2, -0.15) is 0 Å². The molecule has 3 aliphatic rings. The molecule has 616 valence electrons. The highest BCUT2D eigenvalue weighted by atomic mass is 16.8. The van der Waals surface area contributed by atoms with Crippen LogP contribution < -0.4 is 5.32 Å². The van der Waals surface area contributed by atoms with Crippen molar-refractivity contribution < 1.29 is 89.4 Å². The molecule has 1 amide bonds. The van der Waals surface area contributed by atoms with Crippen LogP contribution in [0.3, 0.4) is 0 Å². The minimum atomic E-state index is -1.99. The normalized spacial score (nSPS) is 26.2. The highest BCUT2D eigenvalue weighted by Crippen LogP contribution is 2.33. The Morgan fingerprint density at radius 2 is 0.645 bits per heavy atom. The highest BCUT2D eigenvalue weighted by molar-refractivity contribution is 5.76. The first-order chi connectivity index (χ1) is 52.3. The summed E-state index contributed by atoms with van der Waals surface area (Å²) in [6.45, 7) is 1.63. The molecule has 17 atom stereocenters. The fourth-order valence-corrected chi connectivity index (χ4v) is 13.5. The van der Waals surface area contributed by atoms with Crippen LogP contribution in [0.5, 0.6) is 0 Å². The zero-order valence-electron chi connectivity index (χ0n) is 66.1. The molecule has 0 aromatic heterocycles. The number of amides is 1. The summed E-state index contributed by atoms with van der Waals surface area (Å²) in [7, 11) is 0. The highest BCUT2D eigenvalue weighted by Gasteiger charge is 2.54. The Morgan fingerprint density at radius 3 is 1.01 bits per heavy atom. The number of rotatable bonds is 66. The van der Waals surface area contributed by atoms with Crippen LogP contribution in [0.2, 0.25) is 0 Å². The van der Waals surface area contributed by atoms with E-state index < -0.39 is 124 Å². The van der Waals surface area contributed by atoms with E-state index in [1.165, 1.54) is 154 Å². The smallest absolute Gasteiger partial charge is 0.220 e. The van der Waals surface area contributed by atoms with Gasteiger partial charge in [-0.3, -0.25) is 4.79 Å². The molecule has 19 heteroatoms. The number of allylic oxidation sites excluding steroid dienone is 19. The second-order valence-electron chi connectivity index (χ2n) is 29.6. The van der Waals surface area contributed by atoms with Gasteiger partial charge in [0.05, 0.1) is 38.6 Å². The van der Waals surface area contributed by atoms with E-state index in [1.807, 2.05) is 6.08 Å². The largest absolute Gasteiger partial charge is 0.394 e. The van der Waals surface area contributed by atoms with Crippen molar-refractivity contribution in [2.75, 3.05) is 26.4 Å². The second-order valence-corrected chi connectivity index (χ2v) is 29.6. The summed E-state index contributed by atoms with van der Waals surface area (Å²) in [6, 6.07) is -0.995. The van der Waals surface area contributed by atoms with Gasteiger partial charge in [0.25, 0.3) is 0 Å². The van der Waals surface area contributed by atoms with Gasteiger partial charge in [-0.1, -0.05) is 322 Å². The van der Waals surface area contributed by atoms with Gasteiger partial charge >= 0.3 is 0 Å². The van der Waals surface area contributed by atoms with E-state index in [2.05, 4.69) is 129 Å². The van der Waals surface area contributed by atoms with Crippen LogP contribution in [0.15, 0.2) is 122 Å². The number of carbonyl (C=O) groups is 1. The molecule has 0 saturated carbocycles. The number of ether oxygens (including phenoxy) is 6. The third kappa shape index (κ3) is 46.1. The minimum absolute atomic E-state index is 0.213. The van der Waals surface area contributed by atoms with Crippen LogP contribution >= 0.6 is 0 Å². The van der Waals surface area contributed by atoms with Crippen molar-refractivity contribution in [3.63, 3.8) is 0 Å². The summed E-state index contributed by atoms with van der Waals surface area (Å²) in [5.74, 6) is -0.296. The number of carbonyl (C=O) groups excluding carboxylic acids is 1. The van der Waals surface area contributed by atoms with Crippen LogP contribution in [0, 0.1) is 0 Å². The van der Waals surface area contributed by atoms with Gasteiger partial charge < -0.3 is 89.9 Å². The molecular weight excluding hydrogens is 1360 g/mol. The van der Waals surface area contributed by atoms with Gasteiger partial charge in [-0.05, 0) is 89.9 Å². The zero-order chi connectivity index (χ0) is 77.4. The van der Waals surface area contributed by atoms with Gasteiger partial charge in [-0.15, -0.1) is 0 Å². The molecule has 3 fully saturated rings. The van der Waals surface area contributed by atoms with Crippen LogP contribution in [0.25, 0.3) is 0 Å². The molecule has 0 bridgehead atoms. The van der Waals surface area contributed by atoms with E-state index in [0.29, 0.717) is 6.42 Å². The lowest BCUT2D eigenvalue weighted by atomic mass is 9.96. The van der Waals surface area contributed by atoms with E-state index in [4.69, 9.17) is 28.4 Å². The van der Waals surface area contributed by atoms with Crippen molar-refractivity contribution >= 4 is 5.91 Å². The second kappa shape index (κ2) is 66.8. The first-order valence-corrected chi connectivity index (χ1v) is 42.3. The van der Waals surface area contributed by atoms with Crippen LogP contribution in [-0.4, -0.2) is 193 Å². The lowest BCUT2D eigenvalue weighted by Gasteiger charge is -2.48. The molecule has 3 saturated heterocycles. The molecule has 107 heavy (non-hydrogen) atoms. The van der Waals surface area contributed by atoms with E-state index in [9.17, 15) is 61.0 Å². The molecule has 0 radical (unpaired) electrons. The lowest BCUT2D eigenvalue weighted by molar-refractivity contribution is -0.379. The third-order valence-electron chi connectivity index (χ3n) is 20.3. The van der Waals surface area contributed by atoms with Gasteiger partial charge in [0.2, 0.25) is 5.91 Å². The van der Waals surface area contributed by atoms with E-state index in [-0.39, 0.29) is 18.9 Å². The molecular formula is C88H151NO18. The SMILES string of the molecule is CC/C=C\C/C=C\C/C=C\C/C=C\C/C=C\C/C=C\C/C=C\C/C=C\C/C=C\CCCCCCCC(=O)NC(COC1OC(CO)C(OC2OC(CO)C(OC3OC(CO)C(O)C(O)C3O)C(O)C2O)C(O)C1O)C(O)/C=C/CCCCCCCCCCCCCCCCCCCCCCCCCCCCC. The van der Waals surface area contributed by atoms with Gasteiger partial charge in [0, 0.05) is 6.42 Å². The molecule has 0 aliphatic carbocycles. The summed E-state index contributed by atoms with van der Waals surface area (Å²) in [5.41, 5.74) is 0. The van der Waals surface area contributed by atoms with E-state index in [0.717, 1.165) is 116 Å². The van der Waals surface area contributed by atoms with Crippen LogP contribution in [-0.2, 0) is 33.2 Å². The number of nitrogens with one attached hydrogen (secondary N) is 1. The van der Waals surface area contributed by atoms with Crippen LogP contribution in [0.1, 0.15) is 296 Å². The van der Waals surface area contributed by atoms with E-state index >= 15 is 0 Å². The molecule has 12 N–H and O–H groups in total. The Morgan fingerprint density at radius 1 is 0.346 bits per heavy atom.